The number of ether oxygens (including phenoxy) is 1. The Morgan fingerprint density at radius 1 is 1.11 bits per heavy atom. The van der Waals surface area contributed by atoms with E-state index < -0.39 is 0 Å². The third-order valence-corrected chi connectivity index (χ3v) is 5.19. The Kier molecular flexibility index (Phi) is 4.31. The first-order valence-corrected chi connectivity index (χ1v) is 7.46. The molecule has 1 spiro atoms. The van der Waals surface area contributed by atoms with Gasteiger partial charge in [0.25, 0.3) is 0 Å². The molecule has 0 heterocycles. The van der Waals surface area contributed by atoms with E-state index in [1.54, 1.807) is 0 Å². The average molecular weight is 253 g/mol. The van der Waals surface area contributed by atoms with E-state index in [4.69, 9.17) is 4.74 Å². The molecule has 0 amide bonds. The van der Waals surface area contributed by atoms with E-state index in [0.29, 0.717) is 11.8 Å². The molecular weight excluding hydrogens is 226 g/mol. The molecule has 2 saturated carbocycles. The van der Waals surface area contributed by atoms with E-state index in [-0.39, 0.29) is 11.5 Å². The van der Waals surface area contributed by atoms with Crippen molar-refractivity contribution in [1.82, 2.24) is 5.32 Å². The Labute approximate surface area is 111 Å². The second-order valence-electron chi connectivity index (χ2n) is 6.27. The smallest absolute Gasteiger partial charge is 0.307 e. The van der Waals surface area contributed by atoms with Crippen molar-refractivity contribution in [3.8, 4) is 0 Å². The minimum absolute atomic E-state index is 0.00961. The maximum absolute atomic E-state index is 11.6. The van der Waals surface area contributed by atoms with Crippen LogP contribution in [0.2, 0.25) is 0 Å². The van der Waals surface area contributed by atoms with Gasteiger partial charge in [0, 0.05) is 5.54 Å². The molecule has 1 N–H and O–H groups in total. The molecule has 2 aliphatic rings. The second-order valence-corrected chi connectivity index (χ2v) is 6.27. The monoisotopic (exact) mass is 253 g/mol. The van der Waals surface area contributed by atoms with Crippen LogP contribution in [0.25, 0.3) is 0 Å². The van der Waals surface area contributed by atoms with Crippen LogP contribution in [-0.4, -0.2) is 25.2 Å². The molecule has 2 rings (SSSR count). The molecule has 0 saturated heterocycles. The van der Waals surface area contributed by atoms with Crippen LogP contribution in [-0.2, 0) is 9.53 Å². The largest absolute Gasteiger partial charge is 0.469 e. The normalized spacial score (nSPS) is 25.2. The molecule has 3 nitrogen and oxygen atoms in total. The fourth-order valence-electron chi connectivity index (χ4n) is 4.02. The summed E-state index contributed by atoms with van der Waals surface area (Å²) in [5, 5.41) is 3.57. The highest BCUT2D eigenvalue weighted by atomic mass is 16.5. The van der Waals surface area contributed by atoms with Crippen molar-refractivity contribution in [1.29, 1.82) is 0 Å². The predicted octanol–water partition coefficient (Wildman–Crippen LogP) is 3.03. The van der Waals surface area contributed by atoms with Crippen LogP contribution in [0.4, 0.5) is 0 Å². The SMILES string of the molecule is CCNC1(CC(=O)OC)CCC2(CCCC2)CC1. The van der Waals surface area contributed by atoms with E-state index in [0.717, 1.165) is 19.4 Å². The number of hydrogen-bond donors (Lipinski definition) is 1. The van der Waals surface area contributed by atoms with Crippen LogP contribution >= 0.6 is 0 Å². The topological polar surface area (TPSA) is 38.3 Å². The van der Waals surface area contributed by atoms with Gasteiger partial charge in [0.1, 0.15) is 0 Å². The molecular formula is C15H27NO2. The van der Waals surface area contributed by atoms with E-state index in [1.165, 1.54) is 45.6 Å². The molecule has 0 unspecified atom stereocenters. The molecule has 18 heavy (non-hydrogen) atoms. The van der Waals surface area contributed by atoms with Crippen molar-refractivity contribution >= 4 is 5.97 Å². The molecule has 104 valence electrons. The molecule has 0 atom stereocenters. The van der Waals surface area contributed by atoms with E-state index in [9.17, 15) is 4.79 Å². The van der Waals surface area contributed by atoms with Crippen molar-refractivity contribution in [2.75, 3.05) is 13.7 Å². The van der Waals surface area contributed by atoms with Crippen molar-refractivity contribution in [3.05, 3.63) is 0 Å². The van der Waals surface area contributed by atoms with Gasteiger partial charge in [-0.15, -0.1) is 0 Å². The van der Waals surface area contributed by atoms with Crippen LogP contribution < -0.4 is 5.32 Å². The highest BCUT2D eigenvalue weighted by Crippen LogP contribution is 2.51. The quantitative estimate of drug-likeness (QED) is 0.783. The van der Waals surface area contributed by atoms with E-state index in [1.807, 2.05) is 0 Å². The Morgan fingerprint density at radius 3 is 2.22 bits per heavy atom. The number of carbonyl (C=O) groups excluding carboxylic acids is 1. The zero-order valence-corrected chi connectivity index (χ0v) is 11.9. The van der Waals surface area contributed by atoms with Gasteiger partial charge in [-0.05, 0) is 50.5 Å². The summed E-state index contributed by atoms with van der Waals surface area (Å²) in [6, 6.07) is 0. The van der Waals surface area contributed by atoms with E-state index in [2.05, 4.69) is 12.2 Å². The highest BCUT2D eigenvalue weighted by Gasteiger charge is 2.44. The van der Waals surface area contributed by atoms with Crippen LogP contribution in [0.3, 0.4) is 0 Å². The van der Waals surface area contributed by atoms with Crippen molar-refractivity contribution in [3.63, 3.8) is 0 Å². The minimum atomic E-state index is -0.0710. The van der Waals surface area contributed by atoms with Gasteiger partial charge in [-0.1, -0.05) is 19.8 Å². The summed E-state index contributed by atoms with van der Waals surface area (Å²) in [6.07, 6.45) is 11.0. The Bertz CT molecular complexity index is 285. The van der Waals surface area contributed by atoms with Gasteiger partial charge in [0.05, 0.1) is 13.5 Å². The van der Waals surface area contributed by atoms with Gasteiger partial charge in [-0.3, -0.25) is 4.79 Å². The number of carbonyl (C=O) groups is 1. The lowest BCUT2D eigenvalue weighted by atomic mass is 9.65. The Hall–Kier alpha value is -0.570. The van der Waals surface area contributed by atoms with Crippen molar-refractivity contribution in [2.24, 2.45) is 5.41 Å². The van der Waals surface area contributed by atoms with Gasteiger partial charge >= 0.3 is 5.97 Å². The molecule has 0 aromatic carbocycles. The van der Waals surface area contributed by atoms with Crippen molar-refractivity contribution < 1.29 is 9.53 Å². The van der Waals surface area contributed by atoms with Gasteiger partial charge in [-0.2, -0.15) is 0 Å². The first kappa shape index (κ1) is 13.9. The number of esters is 1. The second kappa shape index (κ2) is 5.60. The fraction of sp³-hybridized carbons (Fsp3) is 0.933. The van der Waals surface area contributed by atoms with Gasteiger partial charge in [0.2, 0.25) is 0 Å². The van der Waals surface area contributed by atoms with Gasteiger partial charge in [-0.25, -0.2) is 0 Å². The van der Waals surface area contributed by atoms with Gasteiger partial charge < -0.3 is 10.1 Å². The maximum atomic E-state index is 11.6. The summed E-state index contributed by atoms with van der Waals surface area (Å²) in [4.78, 5) is 11.6. The molecule has 0 aromatic heterocycles. The first-order valence-electron chi connectivity index (χ1n) is 7.46. The third-order valence-electron chi connectivity index (χ3n) is 5.19. The summed E-state index contributed by atoms with van der Waals surface area (Å²) in [5.41, 5.74) is 0.630. The lowest BCUT2D eigenvalue weighted by molar-refractivity contribution is -0.143. The first-order chi connectivity index (χ1) is 8.64. The standard InChI is InChI=1S/C15H27NO2/c1-3-16-15(12-13(17)18-2)10-8-14(9-11-15)6-4-5-7-14/h16H,3-12H2,1-2H3. The number of rotatable bonds is 4. The number of methoxy groups -OCH3 is 1. The average Bonchev–Trinajstić information content (AvgIpc) is 2.83. The molecule has 0 bridgehead atoms. The molecule has 3 heteroatoms. The van der Waals surface area contributed by atoms with Gasteiger partial charge in [0.15, 0.2) is 0 Å². The Balaban J connectivity index is 1.98. The van der Waals surface area contributed by atoms with Crippen LogP contribution in [0.15, 0.2) is 0 Å². The summed E-state index contributed by atoms with van der Waals surface area (Å²) in [7, 11) is 1.49. The van der Waals surface area contributed by atoms with E-state index >= 15 is 0 Å². The number of hydrogen-bond acceptors (Lipinski definition) is 3. The Morgan fingerprint density at radius 2 is 1.72 bits per heavy atom. The molecule has 0 aliphatic heterocycles. The van der Waals surface area contributed by atoms with Crippen LogP contribution in [0.5, 0.6) is 0 Å². The highest BCUT2D eigenvalue weighted by molar-refractivity contribution is 5.70. The minimum Gasteiger partial charge on any atom is -0.469 e. The predicted molar refractivity (Wildman–Crippen MR) is 72.4 cm³/mol. The van der Waals surface area contributed by atoms with Crippen LogP contribution in [0, 0.1) is 5.41 Å². The van der Waals surface area contributed by atoms with Crippen LogP contribution in [0.1, 0.15) is 64.7 Å². The van der Waals surface area contributed by atoms with Crippen molar-refractivity contribution in [2.45, 2.75) is 70.3 Å². The molecule has 0 radical (unpaired) electrons. The number of nitrogens with one attached hydrogen (secondary N) is 1. The third kappa shape index (κ3) is 2.87. The molecule has 0 aromatic rings. The summed E-state index contributed by atoms with van der Waals surface area (Å²) >= 11 is 0. The summed E-state index contributed by atoms with van der Waals surface area (Å²) < 4.78 is 4.86. The maximum Gasteiger partial charge on any atom is 0.307 e. The fourth-order valence-corrected chi connectivity index (χ4v) is 4.02. The lowest BCUT2D eigenvalue weighted by Crippen LogP contribution is -2.51. The molecule has 2 fully saturated rings. The summed E-state index contributed by atoms with van der Waals surface area (Å²) in [5.74, 6) is -0.0710. The summed E-state index contributed by atoms with van der Waals surface area (Å²) in [6.45, 7) is 3.06. The molecule has 2 aliphatic carbocycles. The zero-order valence-electron chi connectivity index (χ0n) is 11.9. The zero-order chi connectivity index (χ0) is 13.1. The lowest BCUT2D eigenvalue weighted by Gasteiger charge is -2.45.